The van der Waals surface area contributed by atoms with E-state index in [4.69, 9.17) is 0 Å². The molecular formula is C15H23FN4O. The maximum atomic E-state index is 12.9. The van der Waals surface area contributed by atoms with Crippen molar-refractivity contribution in [2.75, 3.05) is 26.7 Å². The summed E-state index contributed by atoms with van der Waals surface area (Å²) in [6, 6.07) is 6.12. The third kappa shape index (κ3) is 4.49. The largest absolute Gasteiger partial charge is 0.353 e. The molecule has 0 bridgehead atoms. The molecule has 2 atom stereocenters. The fraction of sp³-hybridized carbons (Fsp3) is 0.533. The van der Waals surface area contributed by atoms with Gasteiger partial charge >= 0.3 is 0 Å². The third-order valence-corrected chi connectivity index (χ3v) is 3.82. The van der Waals surface area contributed by atoms with Crippen molar-refractivity contribution in [1.29, 1.82) is 0 Å². The highest BCUT2D eigenvalue weighted by Gasteiger charge is 2.29. The van der Waals surface area contributed by atoms with Crippen LogP contribution in [0.2, 0.25) is 0 Å². The number of rotatable bonds is 6. The van der Waals surface area contributed by atoms with Crippen LogP contribution in [-0.4, -0.2) is 43.5 Å². The van der Waals surface area contributed by atoms with Crippen molar-refractivity contribution in [1.82, 2.24) is 21.1 Å². The van der Waals surface area contributed by atoms with E-state index < -0.39 is 0 Å². The lowest BCUT2D eigenvalue weighted by atomic mass is 10.0. The van der Waals surface area contributed by atoms with Gasteiger partial charge in [-0.3, -0.25) is 4.79 Å². The van der Waals surface area contributed by atoms with Gasteiger partial charge in [-0.1, -0.05) is 19.1 Å². The highest BCUT2D eigenvalue weighted by atomic mass is 19.1. The third-order valence-electron chi connectivity index (χ3n) is 3.82. The molecule has 1 fully saturated rings. The molecule has 1 aromatic carbocycles. The summed E-state index contributed by atoms with van der Waals surface area (Å²) in [5, 5.41) is 2.93. The second-order valence-electron chi connectivity index (χ2n) is 5.37. The Hall–Kier alpha value is -1.50. The SMILES string of the molecule is CCN(C)CCNC(=O)C1CC(c2ccc(F)cc2)NN1. The molecule has 6 heteroatoms. The van der Waals surface area contributed by atoms with Crippen LogP contribution in [0.1, 0.15) is 24.9 Å². The first-order valence-corrected chi connectivity index (χ1v) is 7.33. The Balaban J connectivity index is 1.79. The number of halogens is 1. The van der Waals surface area contributed by atoms with E-state index in [9.17, 15) is 9.18 Å². The van der Waals surface area contributed by atoms with Crippen LogP contribution in [0.15, 0.2) is 24.3 Å². The zero-order valence-corrected chi connectivity index (χ0v) is 12.5. The number of benzene rings is 1. The monoisotopic (exact) mass is 294 g/mol. The smallest absolute Gasteiger partial charge is 0.238 e. The predicted molar refractivity (Wildman–Crippen MR) is 80.0 cm³/mol. The Morgan fingerprint density at radius 1 is 1.38 bits per heavy atom. The van der Waals surface area contributed by atoms with Crippen LogP contribution >= 0.6 is 0 Å². The molecule has 1 aliphatic rings. The number of carbonyl (C=O) groups excluding carboxylic acids is 1. The number of amides is 1. The van der Waals surface area contributed by atoms with Crippen LogP contribution in [0.5, 0.6) is 0 Å². The summed E-state index contributed by atoms with van der Waals surface area (Å²) in [6.07, 6.45) is 0.654. The van der Waals surface area contributed by atoms with E-state index in [-0.39, 0.29) is 23.8 Å². The summed E-state index contributed by atoms with van der Waals surface area (Å²) in [7, 11) is 2.02. The van der Waals surface area contributed by atoms with Crippen LogP contribution in [0, 0.1) is 5.82 Å². The first kappa shape index (κ1) is 15.9. The number of hydrazine groups is 1. The molecule has 116 valence electrons. The topological polar surface area (TPSA) is 56.4 Å². The molecule has 0 spiro atoms. The minimum atomic E-state index is -0.257. The summed E-state index contributed by atoms with van der Waals surface area (Å²) >= 11 is 0. The van der Waals surface area contributed by atoms with Crippen molar-refractivity contribution in [3.63, 3.8) is 0 Å². The van der Waals surface area contributed by atoms with E-state index in [0.717, 1.165) is 18.7 Å². The summed E-state index contributed by atoms with van der Waals surface area (Å²) in [5.41, 5.74) is 7.07. The molecule has 3 N–H and O–H groups in total. The van der Waals surface area contributed by atoms with Crippen molar-refractivity contribution in [3.8, 4) is 0 Å². The lowest BCUT2D eigenvalue weighted by molar-refractivity contribution is -0.122. The first-order valence-electron chi connectivity index (χ1n) is 7.33. The number of carbonyl (C=O) groups is 1. The van der Waals surface area contributed by atoms with E-state index >= 15 is 0 Å². The van der Waals surface area contributed by atoms with Crippen molar-refractivity contribution in [3.05, 3.63) is 35.6 Å². The average Bonchev–Trinajstić information content (AvgIpc) is 2.97. The molecule has 2 rings (SSSR count). The van der Waals surface area contributed by atoms with Gasteiger partial charge in [-0.05, 0) is 37.7 Å². The maximum absolute atomic E-state index is 12.9. The quantitative estimate of drug-likeness (QED) is 0.726. The lowest BCUT2D eigenvalue weighted by Gasteiger charge is -2.15. The highest BCUT2D eigenvalue weighted by Crippen LogP contribution is 2.22. The van der Waals surface area contributed by atoms with Gasteiger partial charge in [-0.15, -0.1) is 0 Å². The van der Waals surface area contributed by atoms with E-state index in [1.165, 1.54) is 12.1 Å². The van der Waals surface area contributed by atoms with Gasteiger partial charge in [0.15, 0.2) is 0 Å². The Labute approximate surface area is 124 Å². The molecule has 0 aliphatic carbocycles. The average molecular weight is 294 g/mol. The van der Waals surface area contributed by atoms with Gasteiger partial charge in [-0.2, -0.15) is 0 Å². The first-order chi connectivity index (χ1) is 10.1. The standard InChI is InChI=1S/C15H23FN4O/c1-3-20(2)9-8-17-15(21)14-10-13(18-19-14)11-4-6-12(16)7-5-11/h4-7,13-14,18-19H,3,8-10H2,1-2H3,(H,17,21). The Morgan fingerprint density at radius 2 is 2.10 bits per heavy atom. The predicted octanol–water partition coefficient (Wildman–Crippen LogP) is 0.801. The lowest BCUT2D eigenvalue weighted by Crippen LogP contribution is -2.45. The van der Waals surface area contributed by atoms with E-state index in [1.54, 1.807) is 12.1 Å². The van der Waals surface area contributed by atoms with Gasteiger partial charge in [0.1, 0.15) is 11.9 Å². The number of nitrogens with one attached hydrogen (secondary N) is 3. The molecular weight excluding hydrogens is 271 g/mol. The Kier molecular flexibility index (Phi) is 5.67. The van der Waals surface area contributed by atoms with Crippen molar-refractivity contribution >= 4 is 5.91 Å². The summed E-state index contributed by atoms with van der Waals surface area (Å²) in [4.78, 5) is 14.2. The highest BCUT2D eigenvalue weighted by molar-refractivity contribution is 5.82. The number of hydrogen-bond donors (Lipinski definition) is 3. The van der Waals surface area contributed by atoms with Crippen LogP contribution in [-0.2, 0) is 4.79 Å². The van der Waals surface area contributed by atoms with Gasteiger partial charge in [0.05, 0.1) is 0 Å². The van der Waals surface area contributed by atoms with Gasteiger partial charge in [0, 0.05) is 19.1 Å². The molecule has 1 heterocycles. The maximum Gasteiger partial charge on any atom is 0.238 e. The second-order valence-corrected chi connectivity index (χ2v) is 5.37. The summed E-state index contributed by atoms with van der Waals surface area (Å²) in [6.45, 7) is 4.52. The van der Waals surface area contributed by atoms with Gasteiger partial charge < -0.3 is 10.2 Å². The van der Waals surface area contributed by atoms with E-state index in [0.29, 0.717) is 13.0 Å². The number of nitrogens with zero attached hydrogens (tertiary/aromatic N) is 1. The zero-order valence-electron chi connectivity index (χ0n) is 12.5. The van der Waals surface area contributed by atoms with Crippen LogP contribution < -0.4 is 16.2 Å². The molecule has 21 heavy (non-hydrogen) atoms. The summed E-state index contributed by atoms with van der Waals surface area (Å²) < 4.78 is 12.9. The minimum absolute atomic E-state index is 0.00313. The van der Waals surface area contributed by atoms with E-state index in [2.05, 4.69) is 28.0 Å². The molecule has 2 unspecified atom stereocenters. The van der Waals surface area contributed by atoms with Gasteiger partial charge in [0.25, 0.3) is 0 Å². The second kappa shape index (κ2) is 7.49. The Bertz CT molecular complexity index is 465. The Morgan fingerprint density at radius 3 is 2.76 bits per heavy atom. The van der Waals surface area contributed by atoms with Crippen LogP contribution in [0.25, 0.3) is 0 Å². The van der Waals surface area contributed by atoms with Gasteiger partial charge in [0.2, 0.25) is 5.91 Å². The van der Waals surface area contributed by atoms with Crippen molar-refractivity contribution in [2.24, 2.45) is 0 Å². The molecule has 1 amide bonds. The number of hydrogen-bond acceptors (Lipinski definition) is 4. The molecule has 0 aromatic heterocycles. The molecule has 1 saturated heterocycles. The fourth-order valence-electron chi connectivity index (χ4n) is 2.29. The van der Waals surface area contributed by atoms with Crippen LogP contribution in [0.4, 0.5) is 4.39 Å². The van der Waals surface area contributed by atoms with E-state index in [1.807, 2.05) is 7.05 Å². The summed E-state index contributed by atoms with van der Waals surface area (Å²) in [5.74, 6) is -0.254. The van der Waals surface area contributed by atoms with Crippen molar-refractivity contribution in [2.45, 2.75) is 25.4 Å². The normalized spacial score (nSPS) is 21.7. The molecule has 1 aliphatic heterocycles. The minimum Gasteiger partial charge on any atom is -0.353 e. The van der Waals surface area contributed by atoms with Crippen molar-refractivity contribution < 1.29 is 9.18 Å². The molecule has 1 aromatic rings. The molecule has 0 saturated carbocycles. The van der Waals surface area contributed by atoms with Crippen LogP contribution in [0.3, 0.4) is 0 Å². The van der Waals surface area contributed by atoms with Gasteiger partial charge in [-0.25, -0.2) is 15.2 Å². The molecule has 0 radical (unpaired) electrons. The fourth-order valence-corrected chi connectivity index (χ4v) is 2.29. The number of likely N-dealkylation sites (N-methyl/N-ethyl adjacent to an activating group) is 1. The molecule has 5 nitrogen and oxygen atoms in total. The zero-order chi connectivity index (χ0) is 15.2.